The molecular formula is C16H22N4O3S. The number of hydrogen-bond acceptors (Lipinski definition) is 5. The minimum Gasteiger partial charge on any atom is -0.495 e. The van der Waals surface area contributed by atoms with Crippen LogP contribution >= 0.6 is 0 Å². The number of aromatic nitrogens is 3. The smallest absolute Gasteiger partial charge is 0.244 e. The maximum atomic E-state index is 12.7. The van der Waals surface area contributed by atoms with Crippen molar-refractivity contribution < 1.29 is 13.2 Å². The van der Waals surface area contributed by atoms with E-state index in [1.165, 1.54) is 7.11 Å². The first-order valence-corrected chi connectivity index (χ1v) is 9.48. The number of methoxy groups -OCH3 is 1. The highest BCUT2D eigenvalue weighted by Gasteiger charge is 2.28. The third-order valence-electron chi connectivity index (χ3n) is 4.17. The fourth-order valence-electron chi connectivity index (χ4n) is 3.00. The Bertz CT molecular complexity index is 830. The van der Waals surface area contributed by atoms with E-state index in [4.69, 9.17) is 4.74 Å². The average molecular weight is 350 g/mol. The van der Waals surface area contributed by atoms with E-state index >= 15 is 0 Å². The number of para-hydroxylation sites is 1. The number of ether oxygens (including phenoxy) is 1. The molecule has 0 radical (unpaired) electrons. The van der Waals surface area contributed by atoms with Gasteiger partial charge in [-0.15, -0.1) is 10.2 Å². The third-order valence-corrected chi connectivity index (χ3v) is 5.73. The van der Waals surface area contributed by atoms with Crippen molar-refractivity contribution in [2.45, 2.75) is 50.1 Å². The van der Waals surface area contributed by atoms with Gasteiger partial charge in [-0.3, -0.25) is 0 Å². The van der Waals surface area contributed by atoms with Gasteiger partial charge in [-0.2, -0.15) is 0 Å². The van der Waals surface area contributed by atoms with E-state index in [-0.39, 0.29) is 16.9 Å². The van der Waals surface area contributed by atoms with Crippen molar-refractivity contribution in [1.82, 2.24) is 19.5 Å². The maximum Gasteiger partial charge on any atom is 0.244 e. The maximum absolute atomic E-state index is 12.7. The van der Waals surface area contributed by atoms with Crippen LogP contribution in [-0.2, 0) is 23.0 Å². The summed E-state index contributed by atoms with van der Waals surface area (Å²) in [5, 5.41) is 8.44. The van der Waals surface area contributed by atoms with E-state index in [0.717, 1.165) is 11.6 Å². The summed E-state index contributed by atoms with van der Waals surface area (Å²) in [4.78, 5) is 0.158. The molecule has 130 valence electrons. The van der Waals surface area contributed by atoms with E-state index in [2.05, 4.69) is 28.8 Å². The fourth-order valence-corrected chi connectivity index (χ4v) is 4.43. The van der Waals surface area contributed by atoms with Crippen LogP contribution in [0.1, 0.15) is 37.8 Å². The number of rotatable bonds is 5. The molecule has 1 aliphatic heterocycles. The summed E-state index contributed by atoms with van der Waals surface area (Å²) in [5.74, 6) is 2.40. The standard InChI is InChI=1S/C16H22N4O3S/c1-11(2)16-18-17-15-9-8-12(10-20(15)16)19-24(21,22)14-7-5-4-6-13(14)23-3/h4-7,11-12,19H,8-10H2,1-3H3/t12-/m0/s1. The molecule has 0 amide bonds. The van der Waals surface area contributed by atoms with Gasteiger partial charge in [-0.25, -0.2) is 13.1 Å². The summed E-state index contributed by atoms with van der Waals surface area (Å²) < 4.78 is 35.4. The summed E-state index contributed by atoms with van der Waals surface area (Å²) in [6.45, 7) is 4.66. The monoisotopic (exact) mass is 350 g/mol. The normalized spacial score (nSPS) is 17.8. The Morgan fingerprint density at radius 1 is 1.29 bits per heavy atom. The largest absolute Gasteiger partial charge is 0.495 e. The van der Waals surface area contributed by atoms with Crippen molar-refractivity contribution in [3.63, 3.8) is 0 Å². The second kappa shape index (κ2) is 6.52. The third kappa shape index (κ3) is 3.16. The van der Waals surface area contributed by atoms with Crippen molar-refractivity contribution in [3.8, 4) is 5.75 Å². The first-order valence-electron chi connectivity index (χ1n) is 7.99. The highest BCUT2D eigenvalue weighted by Crippen LogP contribution is 2.25. The zero-order chi connectivity index (χ0) is 17.3. The molecule has 1 aliphatic rings. The molecule has 0 saturated heterocycles. The van der Waals surface area contributed by atoms with Gasteiger partial charge in [0, 0.05) is 24.9 Å². The molecule has 0 spiro atoms. The van der Waals surface area contributed by atoms with Crippen LogP contribution in [0, 0.1) is 0 Å². The van der Waals surface area contributed by atoms with Gasteiger partial charge in [0.1, 0.15) is 22.3 Å². The molecule has 0 fully saturated rings. The van der Waals surface area contributed by atoms with Gasteiger partial charge in [-0.05, 0) is 18.6 Å². The topological polar surface area (TPSA) is 86.1 Å². The van der Waals surface area contributed by atoms with E-state index < -0.39 is 10.0 Å². The second-order valence-corrected chi connectivity index (χ2v) is 7.93. The van der Waals surface area contributed by atoms with Crippen molar-refractivity contribution >= 4 is 10.0 Å². The molecule has 1 aromatic heterocycles. The zero-order valence-electron chi connectivity index (χ0n) is 14.1. The van der Waals surface area contributed by atoms with E-state index in [9.17, 15) is 8.42 Å². The molecule has 0 saturated carbocycles. The Labute approximate surface area is 142 Å². The molecule has 2 heterocycles. The Morgan fingerprint density at radius 3 is 2.75 bits per heavy atom. The minimum absolute atomic E-state index is 0.158. The van der Waals surface area contributed by atoms with Crippen molar-refractivity contribution in [2.75, 3.05) is 7.11 Å². The molecule has 1 aromatic carbocycles. The molecule has 0 unspecified atom stereocenters. The van der Waals surface area contributed by atoms with Crippen LogP contribution in [0.3, 0.4) is 0 Å². The molecule has 24 heavy (non-hydrogen) atoms. The van der Waals surface area contributed by atoms with Crippen LogP contribution in [0.2, 0.25) is 0 Å². The molecule has 3 rings (SSSR count). The van der Waals surface area contributed by atoms with Gasteiger partial charge >= 0.3 is 0 Å². The minimum atomic E-state index is -3.65. The number of hydrogen-bond donors (Lipinski definition) is 1. The number of aryl methyl sites for hydroxylation is 1. The summed E-state index contributed by atoms with van der Waals surface area (Å²) in [6.07, 6.45) is 1.41. The van der Waals surface area contributed by atoms with Crippen LogP contribution in [0.5, 0.6) is 5.75 Å². The first-order chi connectivity index (χ1) is 11.4. The summed E-state index contributed by atoms with van der Waals surface area (Å²) in [7, 11) is -2.18. The lowest BCUT2D eigenvalue weighted by molar-refractivity contribution is 0.396. The summed E-state index contributed by atoms with van der Waals surface area (Å²) in [5.41, 5.74) is 0. The number of benzene rings is 1. The van der Waals surface area contributed by atoms with Gasteiger partial charge in [0.05, 0.1) is 7.11 Å². The number of nitrogens with one attached hydrogen (secondary N) is 1. The number of sulfonamides is 1. The number of fused-ring (bicyclic) bond motifs is 1. The van der Waals surface area contributed by atoms with E-state index in [0.29, 0.717) is 25.1 Å². The predicted molar refractivity (Wildman–Crippen MR) is 89.5 cm³/mol. The predicted octanol–water partition coefficient (Wildman–Crippen LogP) is 1.70. The van der Waals surface area contributed by atoms with Gasteiger partial charge < -0.3 is 9.30 Å². The van der Waals surface area contributed by atoms with Crippen molar-refractivity contribution in [2.24, 2.45) is 0 Å². The summed E-state index contributed by atoms with van der Waals surface area (Å²) in [6, 6.07) is 6.43. The van der Waals surface area contributed by atoms with Gasteiger partial charge in [0.25, 0.3) is 0 Å². The highest BCUT2D eigenvalue weighted by atomic mass is 32.2. The quantitative estimate of drug-likeness (QED) is 0.887. The second-order valence-electron chi connectivity index (χ2n) is 6.25. The SMILES string of the molecule is COc1ccccc1S(=O)(=O)N[C@H]1CCc2nnc(C(C)C)n2C1. The summed E-state index contributed by atoms with van der Waals surface area (Å²) >= 11 is 0. The van der Waals surface area contributed by atoms with Crippen LogP contribution in [0.15, 0.2) is 29.2 Å². The molecule has 7 nitrogen and oxygen atoms in total. The Hall–Kier alpha value is -1.93. The Balaban J connectivity index is 1.83. The van der Waals surface area contributed by atoms with Crippen molar-refractivity contribution in [1.29, 1.82) is 0 Å². The zero-order valence-corrected chi connectivity index (χ0v) is 14.9. The van der Waals surface area contributed by atoms with Gasteiger partial charge in [-0.1, -0.05) is 26.0 Å². The molecular weight excluding hydrogens is 328 g/mol. The average Bonchev–Trinajstić information content (AvgIpc) is 2.97. The first kappa shape index (κ1) is 16.9. The van der Waals surface area contributed by atoms with Crippen molar-refractivity contribution in [3.05, 3.63) is 35.9 Å². The molecule has 2 aromatic rings. The molecule has 0 aliphatic carbocycles. The van der Waals surface area contributed by atoms with Crippen LogP contribution in [0.4, 0.5) is 0 Å². The van der Waals surface area contributed by atoms with Gasteiger partial charge in [0.15, 0.2) is 0 Å². The van der Waals surface area contributed by atoms with Crippen LogP contribution < -0.4 is 9.46 Å². The Morgan fingerprint density at radius 2 is 2.04 bits per heavy atom. The lowest BCUT2D eigenvalue weighted by atomic mass is 10.1. The lowest BCUT2D eigenvalue weighted by Crippen LogP contribution is -2.41. The Kier molecular flexibility index (Phi) is 4.60. The van der Waals surface area contributed by atoms with Gasteiger partial charge in [0.2, 0.25) is 10.0 Å². The van der Waals surface area contributed by atoms with E-state index in [1.807, 2.05) is 4.57 Å². The van der Waals surface area contributed by atoms with Crippen LogP contribution in [0.25, 0.3) is 0 Å². The molecule has 1 atom stereocenters. The lowest BCUT2D eigenvalue weighted by Gasteiger charge is -2.26. The van der Waals surface area contributed by atoms with E-state index in [1.54, 1.807) is 24.3 Å². The molecule has 0 bridgehead atoms. The molecule has 1 N–H and O–H groups in total. The highest BCUT2D eigenvalue weighted by molar-refractivity contribution is 7.89. The number of nitrogens with zero attached hydrogens (tertiary/aromatic N) is 3. The fraction of sp³-hybridized carbons (Fsp3) is 0.500. The van der Waals surface area contributed by atoms with Crippen LogP contribution in [-0.4, -0.2) is 36.3 Å². The molecule has 8 heteroatoms.